The molecule has 0 spiro atoms. The van der Waals surface area contributed by atoms with Crippen LogP contribution in [0.1, 0.15) is 54.4 Å². The summed E-state index contributed by atoms with van der Waals surface area (Å²) in [6.07, 6.45) is 5.53. The number of carbonyl (C=O) groups is 1. The maximum atomic E-state index is 14.6. The van der Waals surface area contributed by atoms with Crippen molar-refractivity contribution in [2.45, 2.75) is 45.6 Å². The monoisotopic (exact) mass is 359 g/mol. The summed E-state index contributed by atoms with van der Waals surface area (Å²) in [7, 11) is 1.73. The molecule has 0 unspecified atom stereocenters. The maximum Gasteiger partial charge on any atom is 0.269 e. The molecule has 0 radical (unpaired) electrons. The number of amides is 1. The average molecular weight is 359 g/mol. The van der Waals surface area contributed by atoms with Gasteiger partial charge in [-0.15, -0.1) is 0 Å². The molecule has 1 aromatic carbocycles. The maximum absolute atomic E-state index is 14.6. The van der Waals surface area contributed by atoms with E-state index in [9.17, 15) is 9.18 Å². The molecule has 1 N–H and O–H groups in total. The van der Waals surface area contributed by atoms with Crippen LogP contribution in [-0.4, -0.2) is 22.3 Å². The quantitative estimate of drug-likeness (QED) is 0.821. The van der Waals surface area contributed by atoms with Crippen molar-refractivity contribution in [1.82, 2.24) is 15.1 Å². The van der Waals surface area contributed by atoms with Crippen molar-refractivity contribution in [2.75, 3.05) is 6.61 Å². The van der Waals surface area contributed by atoms with E-state index in [1.54, 1.807) is 36.0 Å². The minimum absolute atomic E-state index is 0.109. The van der Waals surface area contributed by atoms with Crippen molar-refractivity contribution in [2.24, 2.45) is 13.0 Å². The van der Waals surface area contributed by atoms with Crippen LogP contribution >= 0.6 is 0 Å². The van der Waals surface area contributed by atoms with Gasteiger partial charge in [0.05, 0.1) is 12.3 Å². The largest absolute Gasteiger partial charge is 0.490 e. The van der Waals surface area contributed by atoms with Crippen LogP contribution in [0.5, 0.6) is 5.75 Å². The second kappa shape index (κ2) is 8.34. The third kappa shape index (κ3) is 4.23. The molecule has 1 saturated carbocycles. The number of hydrogen-bond donors (Lipinski definition) is 1. The summed E-state index contributed by atoms with van der Waals surface area (Å²) in [4.78, 5) is 12.3. The molecule has 1 heterocycles. The number of carbonyl (C=O) groups excluding carboxylic acids is 1. The molecular formula is C20H26FN3O2. The Bertz CT molecular complexity index is 766. The molecular weight excluding hydrogens is 333 g/mol. The molecule has 0 saturated heterocycles. The molecule has 1 aromatic heterocycles. The van der Waals surface area contributed by atoms with Crippen LogP contribution in [0.15, 0.2) is 24.3 Å². The molecule has 26 heavy (non-hydrogen) atoms. The zero-order chi connectivity index (χ0) is 18.5. The third-order valence-electron chi connectivity index (χ3n) is 4.96. The van der Waals surface area contributed by atoms with Gasteiger partial charge in [-0.05, 0) is 37.3 Å². The highest BCUT2D eigenvalue weighted by Gasteiger charge is 2.18. The van der Waals surface area contributed by atoms with E-state index in [0.29, 0.717) is 23.8 Å². The molecule has 1 fully saturated rings. The lowest BCUT2D eigenvalue weighted by molar-refractivity contribution is 0.0941. The first-order valence-electron chi connectivity index (χ1n) is 9.29. The standard InChI is InChI=1S/C20H26FN3O2/c1-3-16-11-17(24(2)23-16)20(25)22-12-15-9-6-10-18(19(15)21)26-13-14-7-4-5-8-14/h6,9-11,14H,3-5,7-8,12-13H2,1-2H3,(H,22,25). The van der Waals surface area contributed by atoms with Crippen molar-refractivity contribution in [3.63, 3.8) is 0 Å². The highest BCUT2D eigenvalue weighted by molar-refractivity contribution is 5.92. The summed E-state index contributed by atoms with van der Waals surface area (Å²) < 4.78 is 21.9. The van der Waals surface area contributed by atoms with Gasteiger partial charge >= 0.3 is 0 Å². The summed E-state index contributed by atoms with van der Waals surface area (Å²) >= 11 is 0. The lowest BCUT2D eigenvalue weighted by atomic mass is 10.1. The Hall–Kier alpha value is -2.37. The molecule has 1 amide bonds. The van der Waals surface area contributed by atoms with Crippen LogP contribution in [0.4, 0.5) is 4.39 Å². The van der Waals surface area contributed by atoms with Crippen molar-refractivity contribution >= 4 is 5.91 Å². The van der Waals surface area contributed by atoms with Crippen LogP contribution in [0.2, 0.25) is 0 Å². The zero-order valence-corrected chi connectivity index (χ0v) is 15.4. The van der Waals surface area contributed by atoms with Gasteiger partial charge in [0.1, 0.15) is 5.69 Å². The molecule has 0 bridgehead atoms. The van der Waals surface area contributed by atoms with E-state index in [1.165, 1.54) is 12.8 Å². The summed E-state index contributed by atoms with van der Waals surface area (Å²) in [5.41, 5.74) is 1.74. The fraction of sp³-hybridized carbons (Fsp3) is 0.500. The Morgan fingerprint density at radius 2 is 2.15 bits per heavy atom. The molecule has 2 aromatic rings. The van der Waals surface area contributed by atoms with E-state index in [2.05, 4.69) is 10.4 Å². The lowest BCUT2D eigenvalue weighted by Gasteiger charge is -2.14. The number of benzene rings is 1. The molecule has 1 aliphatic rings. The number of nitrogens with one attached hydrogen (secondary N) is 1. The van der Waals surface area contributed by atoms with Crippen LogP contribution in [-0.2, 0) is 20.0 Å². The van der Waals surface area contributed by atoms with Gasteiger partial charge in [0, 0.05) is 19.2 Å². The Labute approximate surface area is 153 Å². The highest BCUT2D eigenvalue weighted by atomic mass is 19.1. The predicted octanol–water partition coefficient (Wildman–Crippen LogP) is 3.62. The van der Waals surface area contributed by atoms with Gasteiger partial charge in [-0.3, -0.25) is 9.48 Å². The summed E-state index contributed by atoms with van der Waals surface area (Å²) in [6.45, 7) is 2.65. The predicted molar refractivity (Wildman–Crippen MR) is 97.6 cm³/mol. The Morgan fingerprint density at radius 3 is 2.85 bits per heavy atom. The molecule has 0 aliphatic heterocycles. The highest BCUT2D eigenvalue weighted by Crippen LogP contribution is 2.27. The van der Waals surface area contributed by atoms with Crippen LogP contribution in [0, 0.1) is 11.7 Å². The second-order valence-electron chi connectivity index (χ2n) is 6.87. The summed E-state index contributed by atoms with van der Waals surface area (Å²) in [6, 6.07) is 6.82. The van der Waals surface area contributed by atoms with Gasteiger partial charge in [-0.1, -0.05) is 31.9 Å². The second-order valence-corrected chi connectivity index (χ2v) is 6.87. The molecule has 1 aliphatic carbocycles. The Balaban J connectivity index is 1.61. The van der Waals surface area contributed by atoms with Crippen molar-refractivity contribution in [1.29, 1.82) is 0 Å². The van der Waals surface area contributed by atoms with Crippen molar-refractivity contribution < 1.29 is 13.9 Å². The van der Waals surface area contributed by atoms with E-state index in [0.717, 1.165) is 25.0 Å². The van der Waals surface area contributed by atoms with E-state index in [4.69, 9.17) is 4.74 Å². The van der Waals surface area contributed by atoms with Gasteiger partial charge < -0.3 is 10.1 Å². The SMILES string of the molecule is CCc1cc(C(=O)NCc2cccc(OCC3CCCC3)c2F)n(C)n1. The van der Waals surface area contributed by atoms with E-state index >= 15 is 0 Å². The zero-order valence-electron chi connectivity index (χ0n) is 15.4. The smallest absolute Gasteiger partial charge is 0.269 e. The minimum Gasteiger partial charge on any atom is -0.490 e. The average Bonchev–Trinajstić information content (AvgIpc) is 3.29. The minimum atomic E-state index is -0.398. The first kappa shape index (κ1) is 18.4. The normalized spacial score (nSPS) is 14.6. The summed E-state index contributed by atoms with van der Waals surface area (Å²) in [5.74, 6) is 0.120. The van der Waals surface area contributed by atoms with Gasteiger partial charge in [0.15, 0.2) is 11.6 Å². The summed E-state index contributed by atoms with van der Waals surface area (Å²) in [5, 5.41) is 7.02. The number of nitrogens with zero attached hydrogens (tertiary/aromatic N) is 2. The fourth-order valence-electron chi connectivity index (χ4n) is 3.37. The molecule has 5 nitrogen and oxygen atoms in total. The van der Waals surface area contributed by atoms with Crippen LogP contribution < -0.4 is 10.1 Å². The Morgan fingerprint density at radius 1 is 1.38 bits per heavy atom. The number of rotatable bonds is 7. The van der Waals surface area contributed by atoms with Gasteiger partial charge in [-0.2, -0.15) is 5.10 Å². The van der Waals surface area contributed by atoms with Crippen LogP contribution in [0.25, 0.3) is 0 Å². The van der Waals surface area contributed by atoms with Crippen molar-refractivity contribution in [3.8, 4) is 5.75 Å². The first-order chi connectivity index (χ1) is 12.6. The van der Waals surface area contributed by atoms with Gasteiger partial charge in [0.25, 0.3) is 5.91 Å². The van der Waals surface area contributed by atoms with Crippen LogP contribution in [0.3, 0.4) is 0 Å². The Kier molecular flexibility index (Phi) is 5.91. The fourth-order valence-corrected chi connectivity index (χ4v) is 3.37. The van der Waals surface area contributed by atoms with E-state index in [1.807, 2.05) is 6.92 Å². The molecule has 0 atom stereocenters. The van der Waals surface area contributed by atoms with Crippen molar-refractivity contribution in [3.05, 3.63) is 47.0 Å². The van der Waals surface area contributed by atoms with Gasteiger partial charge in [-0.25, -0.2) is 4.39 Å². The molecule has 140 valence electrons. The lowest BCUT2D eigenvalue weighted by Crippen LogP contribution is -2.25. The number of aryl methyl sites for hydroxylation is 2. The molecule has 6 heteroatoms. The first-order valence-corrected chi connectivity index (χ1v) is 9.29. The number of aromatic nitrogens is 2. The number of hydrogen-bond acceptors (Lipinski definition) is 3. The molecule has 3 rings (SSSR count). The number of ether oxygens (including phenoxy) is 1. The topological polar surface area (TPSA) is 56.1 Å². The van der Waals surface area contributed by atoms with E-state index < -0.39 is 5.82 Å². The third-order valence-corrected chi connectivity index (χ3v) is 4.96. The van der Waals surface area contributed by atoms with Gasteiger partial charge in [0.2, 0.25) is 0 Å². The van der Waals surface area contributed by atoms with E-state index in [-0.39, 0.29) is 18.2 Å². The number of halogens is 1.